The van der Waals surface area contributed by atoms with Gasteiger partial charge in [-0.1, -0.05) is 176 Å². The second-order valence-electron chi connectivity index (χ2n) is 17.9. The third-order valence-electron chi connectivity index (χ3n) is 13.7. The smallest absolute Gasteiger partial charge is 0.182 e. The van der Waals surface area contributed by atoms with E-state index in [-0.39, 0.29) is 0 Å². The molecule has 0 aliphatic rings. The van der Waals surface area contributed by atoms with Crippen LogP contribution in [-0.2, 0) is 0 Å². The molecule has 0 spiro atoms. The molecule has 0 atom stereocenters. The molecule has 70 heavy (non-hydrogen) atoms. The number of para-hydroxylation sites is 2. The maximum Gasteiger partial charge on any atom is 0.182 e. The molecule has 0 aliphatic carbocycles. The first-order chi connectivity index (χ1) is 34.6. The van der Waals surface area contributed by atoms with Gasteiger partial charge >= 0.3 is 0 Å². The molecule has 0 N–H and O–H groups in total. The Morgan fingerprint density at radius 3 is 1.69 bits per heavy atom. The molecule has 326 valence electrons. The van der Waals surface area contributed by atoms with Gasteiger partial charge in [-0.2, -0.15) is 0 Å². The number of rotatable bonds is 7. The lowest BCUT2D eigenvalue weighted by molar-refractivity contribution is 0.668. The Balaban J connectivity index is 0.848. The molecule has 0 saturated heterocycles. The lowest BCUT2D eigenvalue weighted by Gasteiger charge is -2.12. The van der Waals surface area contributed by atoms with E-state index in [0.717, 1.165) is 66.2 Å². The van der Waals surface area contributed by atoms with Crippen molar-refractivity contribution in [2.24, 2.45) is 0 Å². The summed E-state index contributed by atoms with van der Waals surface area (Å²) in [6.07, 6.45) is 1.85. The van der Waals surface area contributed by atoms with Gasteiger partial charge in [-0.05, 0) is 103 Å². The lowest BCUT2D eigenvalue weighted by Crippen LogP contribution is -2.01. The van der Waals surface area contributed by atoms with E-state index >= 15 is 0 Å². The summed E-state index contributed by atoms with van der Waals surface area (Å²) in [5, 5.41) is 9.12. The molecule has 14 aromatic rings. The Kier molecular flexibility index (Phi) is 9.10. The first-order valence-corrected chi connectivity index (χ1v) is 23.5. The standard InChI is InChI=1S/C64H39N5O/c1-2-11-40(12-3-1)46-27-28-49-35-51(30-29-47(49)34-46)63-66-62(67-64(68-63)57-38-61-56(39-65-57)55-18-7-9-20-60(55)70-61)43-24-21-42(22-25-43)45-15-10-16-52(36-45)69-58-19-8-6-17-53(58)54-32-31-50(37-59(54)69)48-26-23-41-13-4-5-14-44(41)33-48/h1-39H. The first-order valence-electron chi connectivity index (χ1n) is 23.5. The van der Waals surface area contributed by atoms with E-state index in [9.17, 15) is 0 Å². The number of pyridine rings is 1. The lowest BCUT2D eigenvalue weighted by atomic mass is 10.00. The SMILES string of the molecule is c1ccc(-c2ccc3cc(-c4nc(-c5ccc(-c6cccc(-n7c8ccccc8c8ccc(-c9ccc%10ccccc%10c9)cc87)c6)cc5)nc(-c5cc6oc7ccccc7c6cn5)n4)ccc3c2)cc1. The predicted octanol–water partition coefficient (Wildman–Crippen LogP) is 16.6. The van der Waals surface area contributed by atoms with Crippen LogP contribution in [0, 0.1) is 0 Å². The number of fused-ring (bicyclic) bond motifs is 8. The molecular formula is C64H39N5O. The highest BCUT2D eigenvalue weighted by atomic mass is 16.3. The van der Waals surface area contributed by atoms with Crippen LogP contribution in [0.2, 0.25) is 0 Å². The summed E-state index contributed by atoms with van der Waals surface area (Å²) < 4.78 is 8.68. The van der Waals surface area contributed by atoms with E-state index < -0.39 is 0 Å². The number of hydrogen-bond donors (Lipinski definition) is 0. The van der Waals surface area contributed by atoms with E-state index in [1.807, 2.05) is 36.5 Å². The molecule has 0 aliphatic heterocycles. The molecule has 0 radical (unpaired) electrons. The van der Waals surface area contributed by atoms with Crippen LogP contribution < -0.4 is 0 Å². The summed E-state index contributed by atoms with van der Waals surface area (Å²) in [5.41, 5.74) is 14.2. The van der Waals surface area contributed by atoms with Gasteiger partial charge in [-0.15, -0.1) is 0 Å². The Morgan fingerprint density at radius 2 is 0.843 bits per heavy atom. The topological polar surface area (TPSA) is 69.6 Å². The Bertz CT molecular complexity index is 4360. The van der Waals surface area contributed by atoms with Crippen LogP contribution >= 0.6 is 0 Å². The fourth-order valence-corrected chi connectivity index (χ4v) is 10.1. The summed E-state index contributed by atoms with van der Waals surface area (Å²) in [6, 6.07) is 81.5. The number of nitrogens with zero attached hydrogens (tertiary/aromatic N) is 5. The molecule has 14 rings (SSSR count). The van der Waals surface area contributed by atoms with E-state index in [0.29, 0.717) is 23.2 Å². The van der Waals surface area contributed by atoms with Crippen LogP contribution in [0.3, 0.4) is 0 Å². The van der Waals surface area contributed by atoms with Crippen molar-refractivity contribution in [3.63, 3.8) is 0 Å². The van der Waals surface area contributed by atoms with Gasteiger partial charge in [0.1, 0.15) is 16.9 Å². The molecular weight excluding hydrogens is 855 g/mol. The van der Waals surface area contributed by atoms with Gasteiger partial charge < -0.3 is 8.98 Å². The minimum Gasteiger partial charge on any atom is -0.456 e. The largest absolute Gasteiger partial charge is 0.456 e. The second-order valence-corrected chi connectivity index (χ2v) is 17.9. The zero-order valence-corrected chi connectivity index (χ0v) is 37.7. The predicted molar refractivity (Wildman–Crippen MR) is 287 cm³/mol. The van der Waals surface area contributed by atoms with E-state index in [4.69, 9.17) is 24.4 Å². The number of benzene rings is 10. The highest BCUT2D eigenvalue weighted by molar-refractivity contribution is 6.10. The van der Waals surface area contributed by atoms with Gasteiger partial charge in [0.25, 0.3) is 0 Å². The molecule has 6 nitrogen and oxygen atoms in total. The summed E-state index contributed by atoms with van der Waals surface area (Å²) in [6.45, 7) is 0. The quantitative estimate of drug-likeness (QED) is 0.159. The minimum atomic E-state index is 0.466. The van der Waals surface area contributed by atoms with Gasteiger partial charge in [-0.25, -0.2) is 15.0 Å². The van der Waals surface area contributed by atoms with Crippen LogP contribution in [0.25, 0.3) is 139 Å². The molecule has 10 aromatic carbocycles. The van der Waals surface area contributed by atoms with Gasteiger partial charge in [0, 0.05) is 50.6 Å². The van der Waals surface area contributed by atoms with Crippen molar-refractivity contribution in [1.29, 1.82) is 0 Å². The Morgan fingerprint density at radius 1 is 0.300 bits per heavy atom. The highest BCUT2D eigenvalue weighted by Crippen LogP contribution is 2.38. The van der Waals surface area contributed by atoms with E-state index in [1.54, 1.807) is 0 Å². The van der Waals surface area contributed by atoms with E-state index in [2.05, 4.69) is 205 Å². The molecule has 6 heteroatoms. The summed E-state index contributed by atoms with van der Waals surface area (Å²) in [5.74, 6) is 1.58. The number of hydrogen-bond acceptors (Lipinski definition) is 5. The van der Waals surface area contributed by atoms with Gasteiger partial charge in [0.2, 0.25) is 0 Å². The fourth-order valence-electron chi connectivity index (χ4n) is 10.1. The van der Waals surface area contributed by atoms with Crippen LogP contribution in [0.1, 0.15) is 0 Å². The number of furan rings is 1. The van der Waals surface area contributed by atoms with Crippen LogP contribution in [0.5, 0.6) is 0 Å². The maximum absolute atomic E-state index is 6.29. The third-order valence-corrected chi connectivity index (χ3v) is 13.7. The van der Waals surface area contributed by atoms with Crippen molar-refractivity contribution < 1.29 is 4.42 Å². The van der Waals surface area contributed by atoms with Crippen LogP contribution in [-0.4, -0.2) is 24.5 Å². The van der Waals surface area contributed by atoms with Crippen molar-refractivity contribution in [1.82, 2.24) is 24.5 Å². The summed E-state index contributed by atoms with van der Waals surface area (Å²) in [4.78, 5) is 20.2. The van der Waals surface area contributed by atoms with Gasteiger partial charge in [-0.3, -0.25) is 4.98 Å². The zero-order chi connectivity index (χ0) is 46.1. The molecule has 0 unspecified atom stereocenters. The minimum absolute atomic E-state index is 0.466. The summed E-state index contributed by atoms with van der Waals surface area (Å²) >= 11 is 0. The average molecular weight is 894 g/mol. The van der Waals surface area contributed by atoms with E-state index in [1.165, 1.54) is 49.3 Å². The molecule has 0 amide bonds. The molecule has 0 bridgehead atoms. The van der Waals surface area contributed by atoms with Gasteiger partial charge in [0.05, 0.1) is 11.0 Å². The van der Waals surface area contributed by atoms with Crippen molar-refractivity contribution >= 4 is 65.3 Å². The zero-order valence-electron chi connectivity index (χ0n) is 37.7. The Labute approximate surface area is 402 Å². The molecule has 0 saturated carbocycles. The normalized spacial score (nSPS) is 11.7. The van der Waals surface area contributed by atoms with Crippen molar-refractivity contribution in [2.75, 3.05) is 0 Å². The first kappa shape index (κ1) is 39.6. The third kappa shape index (κ3) is 6.81. The maximum atomic E-state index is 6.29. The van der Waals surface area contributed by atoms with Crippen molar-refractivity contribution in [3.8, 4) is 73.4 Å². The summed E-state index contributed by atoms with van der Waals surface area (Å²) in [7, 11) is 0. The Hall–Kier alpha value is -9.52. The molecule has 0 fully saturated rings. The van der Waals surface area contributed by atoms with Crippen LogP contribution in [0.15, 0.2) is 241 Å². The molecule has 4 heterocycles. The second kappa shape index (κ2) is 16.1. The monoisotopic (exact) mass is 893 g/mol. The number of aromatic nitrogens is 5. The van der Waals surface area contributed by atoms with Crippen LogP contribution in [0.4, 0.5) is 0 Å². The average Bonchev–Trinajstić information content (AvgIpc) is 3.98. The highest BCUT2D eigenvalue weighted by Gasteiger charge is 2.18. The van der Waals surface area contributed by atoms with Crippen molar-refractivity contribution in [3.05, 3.63) is 237 Å². The fraction of sp³-hybridized carbons (Fsp3) is 0. The van der Waals surface area contributed by atoms with Gasteiger partial charge in [0.15, 0.2) is 17.5 Å². The molecule has 4 aromatic heterocycles. The van der Waals surface area contributed by atoms with Crippen molar-refractivity contribution in [2.45, 2.75) is 0 Å².